The molecule has 1 aromatic carbocycles. The SMILES string of the molecule is OB(O)c1cc(Cl)cc2scc(Br)c12. The molecular weight excluding hydrogens is 286 g/mol. The molecule has 0 aliphatic heterocycles. The molecule has 72 valence electrons. The molecule has 0 saturated heterocycles. The molecule has 0 radical (unpaired) electrons. The molecule has 2 N–H and O–H groups in total. The minimum absolute atomic E-state index is 0.431. The Bertz CT molecular complexity index is 485. The van der Waals surface area contributed by atoms with Gasteiger partial charge < -0.3 is 10.0 Å². The van der Waals surface area contributed by atoms with Crippen LogP contribution in [0.5, 0.6) is 0 Å². The Hall–Kier alpha value is -0.0651. The van der Waals surface area contributed by atoms with Crippen molar-refractivity contribution in [2.24, 2.45) is 0 Å². The molecule has 0 unspecified atom stereocenters. The van der Waals surface area contributed by atoms with Gasteiger partial charge in [-0.05, 0) is 33.5 Å². The zero-order valence-corrected chi connectivity index (χ0v) is 10.0. The predicted molar refractivity (Wildman–Crippen MR) is 64.4 cm³/mol. The average molecular weight is 291 g/mol. The number of fused-ring (bicyclic) bond motifs is 1. The summed E-state index contributed by atoms with van der Waals surface area (Å²) in [6, 6.07) is 3.37. The van der Waals surface area contributed by atoms with Crippen molar-refractivity contribution < 1.29 is 10.0 Å². The van der Waals surface area contributed by atoms with Gasteiger partial charge in [0.2, 0.25) is 0 Å². The van der Waals surface area contributed by atoms with E-state index in [4.69, 9.17) is 21.6 Å². The van der Waals surface area contributed by atoms with Crippen molar-refractivity contribution in [2.45, 2.75) is 0 Å². The lowest BCUT2D eigenvalue weighted by Gasteiger charge is -2.03. The summed E-state index contributed by atoms with van der Waals surface area (Å²) >= 11 is 10.7. The third-order valence-electron chi connectivity index (χ3n) is 1.90. The maximum atomic E-state index is 9.17. The zero-order valence-electron chi connectivity index (χ0n) is 6.87. The van der Waals surface area contributed by atoms with Crippen LogP contribution in [-0.4, -0.2) is 17.2 Å². The largest absolute Gasteiger partial charge is 0.489 e. The normalized spacial score (nSPS) is 10.9. The fourth-order valence-corrected chi connectivity index (χ4v) is 3.36. The highest BCUT2D eigenvalue weighted by Gasteiger charge is 2.18. The highest BCUT2D eigenvalue weighted by atomic mass is 79.9. The van der Waals surface area contributed by atoms with Gasteiger partial charge in [-0.1, -0.05) is 11.6 Å². The molecule has 0 atom stereocenters. The molecule has 14 heavy (non-hydrogen) atoms. The lowest BCUT2D eigenvalue weighted by atomic mass is 9.78. The van der Waals surface area contributed by atoms with Crippen molar-refractivity contribution in [1.82, 2.24) is 0 Å². The Morgan fingerprint density at radius 1 is 1.36 bits per heavy atom. The van der Waals surface area contributed by atoms with Gasteiger partial charge in [0, 0.05) is 25.0 Å². The van der Waals surface area contributed by atoms with Gasteiger partial charge in [0.25, 0.3) is 0 Å². The van der Waals surface area contributed by atoms with Crippen molar-refractivity contribution in [1.29, 1.82) is 0 Å². The number of benzene rings is 1. The van der Waals surface area contributed by atoms with Crippen LogP contribution in [0, 0.1) is 0 Å². The number of hydrogen-bond donors (Lipinski definition) is 2. The molecule has 0 aliphatic rings. The van der Waals surface area contributed by atoms with Crippen LogP contribution in [0.25, 0.3) is 10.1 Å². The van der Waals surface area contributed by atoms with Crippen LogP contribution in [0.3, 0.4) is 0 Å². The summed E-state index contributed by atoms with van der Waals surface area (Å²) in [7, 11) is -1.50. The first kappa shape index (κ1) is 10.5. The third kappa shape index (κ3) is 1.70. The number of hydrogen-bond acceptors (Lipinski definition) is 3. The molecule has 0 spiro atoms. The van der Waals surface area contributed by atoms with Crippen LogP contribution in [0.4, 0.5) is 0 Å². The minimum Gasteiger partial charge on any atom is -0.423 e. The number of halogens is 2. The van der Waals surface area contributed by atoms with Crippen LogP contribution in [0.15, 0.2) is 22.0 Å². The third-order valence-corrected chi connectivity index (χ3v) is 3.98. The van der Waals surface area contributed by atoms with Crippen LogP contribution < -0.4 is 5.46 Å². The average Bonchev–Trinajstić information content (AvgIpc) is 2.46. The van der Waals surface area contributed by atoms with Gasteiger partial charge in [-0.25, -0.2) is 0 Å². The molecule has 1 aromatic heterocycles. The zero-order chi connectivity index (χ0) is 10.3. The van der Waals surface area contributed by atoms with E-state index < -0.39 is 7.12 Å². The molecule has 0 aliphatic carbocycles. The predicted octanol–water partition coefficient (Wildman–Crippen LogP) is 2.00. The van der Waals surface area contributed by atoms with Crippen LogP contribution in [0.2, 0.25) is 5.02 Å². The molecule has 2 nitrogen and oxygen atoms in total. The lowest BCUT2D eigenvalue weighted by Crippen LogP contribution is -2.30. The van der Waals surface area contributed by atoms with Crippen LogP contribution >= 0.6 is 38.9 Å². The van der Waals surface area contributed by atoms with Crippen molar-refractivity contribution >= 4 is 61.5 Å². The smallest absolute Gasteiger partial charge is 0.423 e. The Labute approximate surface area is 98.4 Å². The van der Waals surface area contributed by atoms with Crippen molar-refractivity contribution in [3.05, 3.63) is 27.0 Å². The second-order valence-electron chi connectivity index (χ2n) is 2.83. The molecule has 6 heteroatoms. The van der Waals surface area contributed by atoms with Crippen molar-refractivity contribution in [2.75, 3.05) is 0 Å². The van der Waals surface area contributed by atoms with Gasteiger partial charge in [-0.2, -0.15) is 0 Å². The number of thiophene rings is 1. The highest BCUT2D eigenvalue weighted by Crippen LogP contribution is 2.30. The molecular formula is C8H5BBrClO2S. The van der Waals surface area contributed by atoms with Crippen LogP contribution in [-0.2, 0) is 0 Å². The summed E-state index contributed by atoms with van der Waals surface area (Å²) < 4.78 is 1.80. The molecule has 0 bridgehead atoms. The first-order valence-electron chi connectivity index (χ1n) is 3.82. The standard InChI is InChI=1S/C8H5BBrClO2S/c10-6-3-14-7-2-4(11)1-5(8(6)7)9(12)13/h1-3,12-13H. The van der Waals surface area contributed by atoms with E-state index in [0.29, 0.717) is 10.5 Å². The molecule has 2 aromatic rings. The summed E-state index contributed by atoms with van der Waals surface area (Å²) in [6.07, 6.45) is 0. The molecule has 0 amide bonds. The summed E-state index contributed by atoms with van der Waals surface area (Å²) in [5.74, 6) is 0. The van der Waals surface area contributed by atoms with Gasteiger partial charge in [0.05, 0.1) is 0 Å². The Kier molecular flexibility index (Phi) is 2.86. The molecule has 0 saturated carbocycles. The first-order chi connectivity index (χ1) is 6.59. The minimum atomic E-state index is -1.50. The summed E-state index contributed by atoms with van der Waals surface area (Å²) in [5.41, 5.74) is 0.431. The van der Waals surface area contributed by atoms with Crippen molar-refractivity contribution in [3.63, 3.8) is 0 Å². The van der Waals surface area contributed by atoms with Gasteiger partial charge in [0.1, 0.15) is 0 Å². The number of rotatable bonds is 1. The second kappa shape index (κ2) is 3.83. The van der Waals surface area contributed by atoms with Gasteiger partial charge in [0.15, 0.2) is 0 Å². The van der Waals surface area contributed by atoms with Gasteiger partial charge in [-0.15, -0.1) is 11.3 Å². The van der Waals surface area contributed by atoms with E-state index in [1.165, 1.54) is 11.3 Å². The fraction of sp³-hybridized carbons (Fsp3) is 0. The van der Waals surface area contributed by atoms with E-state index >= 15 is 0 Å². The maximum Gasteiger partial charge on any atom is 0.489 e. The lowest BCUT2D eigenvalue weighted by molar-refractivity contribution is 0.426. The topological polar surface area (TPSA) is 40.5 Å². The summed E-state index contributed by atoms with van der Waals surface area (Å²) in [5, 5.41) is 21.6. The van der Waals surface area contributed by atoms with Crippen LogP contribution in [0.1, 0.15) is 0 Å². The van der Waals surface area contributed by atoms with E-state index in [1.54, 1.807) is 12.1 Å². The fourth-order valence-electron chi connectivity index (χ4n) is 1.33. The molecule has 0 fully saturated rings. The summed E-state index contributed by atoms with van der Waals surface area (Å²) in [4.78, 5) is 0. The van der Waals surface area contributed by atoms with E-state index in [0.717, 1.165) is 14.6 Å². The first-order valence-corrected chi connectivity index (χ1v) is 5.87. The van der Waals surface area contributed by atoms with E-state index in [9.17, 15) is 0 Å². The van der Waals surface area contributed by atoms with Crippen molar-refractivity contribution in [3.8, 4) is 0 Å². The quantitative estimate of drug-likeness (QED) is 0.789. The Morgan fingerprint density at radius 2 is 2.07 bits per heavy atom. The summed E-state index contributed by atoms with van der Waals surface area (Å²) in [6.45, 7) is 0. The second-order valence-corrected chi connectivity index (χ2v) is 5.03. The Morgan fingerprint density at radius 3 is 2.71 bits per heavy atom. The van der Waals surface area contributed by atoms with Gasteiger partial charge >= 0.3 is 7.12 Å². The monoisotopic (exact) mass is 290 g/mol. The molecule has 1 heterocycles. The van der Waals surface area contributed by atoms with E-state index in [2.05, 4.69) is 15.9 Å². The maximum absolute atomic E-state index is 9.17. The van der Waals surface area contributed by atoms with Gasteiger partial charge in [-0.3, -0.25) is 0 Å². The van der Waals surface area contributed by atoms with E-state index in [1.807, 2.05) is 5.38 Å². The molecule has 2 rings (SSSR count). The Balaban J connectivity index is 2.83. The van der Waals surface area contributed by atoms with E-state index in [-0.39, 0.29) is 0 Å². The highest BCUT2D eigenvalue weighted by molar-refractivity contribution is 9.10.